The zero-order valence-electron chi connectivity index (χ0n) is 18.2. The molecule has 1 atom stereocenters. The lowest BCUT2D eigenvalue weighted by Crippen LogP contribution is -2.49. The number of carbonyl (C=O) groups excluding carboxylic acids is 1. The first-order valence-electron chi connectivity index (χ1n) is 10.9. The Kier molecular flexibility index (Phi) is 7.78. The predicted octanol–water partition coefficient (Wildman–Crippen LogP) is 3.55. The molecule has 1 amide bonds. The third kappa shape index (κ3) is 6.68. The Hall–Kier alpha value is -3.13. The summed E-state index contributed by atoms with van der Waals surface area (Å²) in [6, 6.07) is 20.0. The number of benzene rings is 2. The summed E-state index contributed by atoms with van der Waals surface area (Å²) in [7, 11) is 0. The third-order valence-corrected chi connectivity index (χ3v) is 5.71. The fourth-order valence-electron chi connectivity index (χ4n) is 3.67. The number of nitrogens with zero attached hydrogens (tertiary/aromatic N) is 3. The van der Waals surface area contributed by atoms with Crippen LogP contribution in [0.3, 0.4) is 0 Å². The van der Waals surface area contributed by atoms with Crippen molar-refractivity contribution >= 4 is 29.0 Å². The molecule has 1 saturated heterocycles. The number of anilines is 2. The quantitative estimate of drug-likeness (QED) is 0.528. The minimum atomic E-state index is -0.571. The van der Waals surface area contributed by atoms with Crippen LogP contribution in [0.1, 0.15) is 10.4 Å². The number of amides is 1. The summed E-state index contributed by atoms with van der Waals surface area (Å²) in [4.78, 5) is 21.2. The number of rotatable bonds is 8. The van der Waals surface area contributed by atoms with E-state index in [0.717, 1.165) is 32.0 Å². The molecule has 7 nitrogen and oxygen atoms in total. The van der Waals surface area contributed by atoms with E-state index in [9.17, 15) is 9.90 Å². The van der Waals surface area contributed by atoms with Gasteiger partial charge >= 0.3 is 0 Å². The van der Waals surface area contributed by atoms with Gasteiger partial charge in [0.1, 0.15) is 24.3 Å². The fraction of sp³-hybridized carbons (Fsp3) is 0.280. The minimum absolute atomic E-state index is 0.155. The van der Waals surface area contributed by atoms with Crippen LogP contribution in [0.5, 0.6) is 5.75 Å². The van der Waals surface area contributed by atoms with Crippen LogP contribution in [0.25, 0.3) is 0 Å². The van der Waals surface area contributed by atoms with Crippen LogP contribution >= 0.6 is 11.6 Å². The Balaban J connectivity index is 1.20. The van der Waals surface area contributed by atoms with Crippen LogP contribution in [-0.2, 0) is 0 Å². The first-order valence-corrected chi connectivity index (χ1v) is 11.3. The topological polar surface area (TPSA) is 77.9 Å². The average molecular weight is 467 g/mol. The van der Waals surface area contributed by atoms with E-state index in [1.54, 1.807) is 42.6 Å². The third-order valence-electron chi connectivity index (χ3n) is 5.46. The smallest absolute Gasteiger partial charge is 0.255 e. The molecule has 0 radical (unpaired) electrons. The molecule has 4 rings (SSSR count). The molecule has 0 bridgehead atoms. The lowest BCUT2D eigenvalue weighted by atomic mass is 10.2. The molecule has 33 heavy (non-hydrogen) atoms. The van der Waals surface area contributed by atoms with Gasteiger partial charge in [-0.1, -0.05) is 29.8 Å². The number of piperazine rings is 1. The highest BCUT2D eigenvalue weighted by atomic mass is 35.5. The van der Waals surface area contributed by atoms with E-state index in [1.165, 1.54) is 0 Å². The van der Waals surface area contributed by atoms with Gasteiger partial charge in [0.15, 0.2) is 0 Å². The van der Waals surface area contributed by atoms with Gasteiger partial charge in [-0.2, -0.15) is 0 Å². The maximum atomic E-state index is 12.3. The molecule has 1 aliphatic rings. The number of carbonyl (C=O) groups is 1. The number of hydrogen-bond acceptors (Lipinski definition) is 6. The van der Waals surface area contributed by atoms with Crippen LogP contribution in [0.2, 0.25) is 5.02 Å². The highest BCUT2D eigenvalue weighted by molar-refractivity contribution is 6.30. The maximum Gasteiger partial charge on any atom is 0.255 e. The molecule has 3 aromatic rings. The van der Waals surface area contributed by atoms with Crippen LogP contribution in [0.15, 0.2) is 72.9 Å². The van der Waals surface area contributed by atoms with E-state index in [4.69, 9.17) is 16.3 Å². The highest BCUT2D eigenvalue weighted by Crippen LogP contribution is 2.18. The van der Waals surface area contributed by atoms with Gasteiger partial charge in [-0.3, -0.25) is 9.69 Å². The van der Waals surface area contributed by atoms with Crippen molar-refractivity contribution in [2.45, 2.75) is 6.10 Å². The summed E-state index contributed by atoms with van der Waals surface area (Å²) in [6.07, 6.45) is 1.11. The molecule has 1 aromatic heterocycles. The normalized spacial score (nSPS) is 15.2. The van der Waals surface area contributed by atoms with Crippen molar-refractivity contribution in [1.82, 2.24) is 9.88 Å². The van der Waals surface area contributed by atoms with E-state index >= 15 is 0 Å². The van der Waals surface area contributed by atoms with Crippen molar-refractivity contribution in [2.24, 2.45) is 0 Å². The summed E-state index contributed by atoms with van der Waals surface area (Å²) < 4.78 is 5.64. The van der Waals surface area contributed by atoms with Gasteiger partial charge in [-0.25, -0.2) is 4.98 Å². The van der Waals surface area contributed by atoms with Crippen molar-refractivity contribution in [3.63, 3.8) is 0 Å². The van der Waals surface area contributed by atoms with E-state index in [0.29, 0.717) is 28.6 Å². The van der Waals surface area contributed by atoms with Crippen molar-refractivity contribution in [2.75, 3.05) is 49.5 Å². The molecule has 0 aliphatic carbocycles. The summed E-state index contributed by atoms with van der Waals surface area (Å²) in [5, 5.41) is 13.9. The average Bonchev–Trinajstić information content (AvgIpc) is 2.85. The van der Waals surface area contributed by atoms with Gasteiger partial charge in [0.05, 0.1) is 11.9 Å². The van der Waals surface area contributed by atoms with Gasteiger partial charge in [0.25, 0.3) is 5.91 Å². The van der Waals surface area contributed by atoms with Crippen LogP contribution in [0, 0.1) is 0 Å². The van der Waals surface area contributed by atoms with Crippen LogP contribution in [-0.4, -0.2) is 66.3 Å². The SMILES string of the molecule is O=C(Nc1ccc(N2CCN(CC(O)COc3ccc(Cl)cc3)CC2)nc1)c1ccccc1. The Morgan fingerprint density at radius 2 is 1.76 bits per heavy atom. The van der Waals surface area contributed by atoms with Crippen molar-refractivity contribution in [3.8, 4) is 5.75 Å². The zero-order valence-corrected chi connectivity index (χ0v) is 19.0. The molecule has 1 aliphatic heterocycles. The fourth-order valence-corrected chi connectivity index (χ4v) is 3.80. The summed E-state index contributed by atoms with van der Waals surface area (Å²) in [5.41, 5.74) is 1.27. The van der Waals surface area contributed by atoms with Gasteiger partial charge in [0, 0.05) is 43.3 Å². The number of hydrogen-bond donors (Lipinski definition) is 2. The van der Waals surface area contributed by atoms with Crippen molar-refractivity contribution in [1.29, 1.82) is 0 Å². The Morgan fingerprint density at radius 1 is 1.03 bits per heavy atom. The second kappa shape index (κ2) is 11.1. The second-order valence-electron chi connectivity index (χ2n) is 7.93. The lowest BCUT2D eigenvalue weighted by molar-refractivity contribution is 0.0662. The Morgan fingerprint density at radius 3 is 2.42 bits per heavy atom. The molecule has 172 valence electrons. The van der Waals surface area contributed by atoms with Gasteiger partial charge in [0.2, 0.25) is 0 Å². The van der Waals surface area contributed by atoms with E-state index < -0.39 is 6.10 Å². The number of aromatic nitrogens is 1. The number of aliphatic hydroxyl groups excluding tert-OH is 1. The first kappa shape index (κ1) is 23.0. The van der Waals surface area contributed by atoms with E-state index in [-0.39, 0.29) is 12.5 Å². The molecule has 2 heterocycles. The monoisotopic (exact) mass is 466 g/mol. The number of halogens is 1. The molecule has 1 unspecified atom stereocenters. The second-order valence-corrected chi connectivity index (χ2v) is 8.37. The largest absolute Gasteiger partial charge is 0.491 e. The van der Waals surface area contributed by atoms with Crippen molar-refractivity contribution in [3.05, 3.63) is 83.5 Å². The van der Waals surface area contributed by atoms with Crippen LogP contribution in [0.4, 0.5) is 11.5 Å². The van der Waals surface area contributed by atoms with Gasteiger partial charge < -0.3 is 20.1 Å². The first-order chi connectivity index (χ1) is 16.1. The molecule has 0 saturated carbocycles. The Bertz CT molecular complexity index is 1020. The number of pyridine rings is 1. The number of nitrogens with one attached hydrogen (secondary N) is 1. The molecule has 1 fully saturated rings. The number of β-amino-alcohol motifs (C(OH)–C–C–N with tert-alkyl or cyclic N) is 1. The molecule has 2 aromatic carbocycles. The summed E-state index contributed by atoms with van der Waals surface area (Å²) >= 11 is 5.87. The van der Waals surface area contributed by atoms with Gasteiger partial charge in [-0.05, 0) is 48.5 Å². The lowest BCUT2D eigenvalue weighted by Gasteiger charge is -2.36. The van der Waals surface area contributed by atoms with E-state index in [1.807, 2.05) is 30.3 Å². The van der Waals surface area contributed by atoms with Gasteiger partial charge in [-0.15, -0.1) is 0 Å². The minimum Gasteiger partial charge on any atom is -0.491 e. The van der Waals surface area contributed by atoms with E-state index in [2.05, 4.69) is 20.1 Å². The molecule has 0 spiro atoms. The molecule has 8 heteroatoms. The summed E-state index contributed by atoms with van der Waals surface area (Å²) in [5.74, 6) is 1.41. The van der Waals surface area contributed by atoms with Crippen LogP contribution < -0.4 is 15.0 Å². The zero-order chi connectivity index (χ0) is 23.0. The number of aliphatic hydroxyl groups is 1. The molecular formula is C25H27ClN4O3. The standard InChI is InChI=1S/C25H27ClN4O3/c26-20-6-9-23(10-7-20)33-18-22(31)17-29-12-14-30(15-13-29)24-11-8-21(16-27-24)28-25(32)19-4-2-1-3-5-19/h1-11,16,22,31H,12-15,17-18H2,(H,28,32). The summed E-state index contributed by atoms with van der Waals surface area (Å²) in [6.45, 7) is 4.07. The highest BCUT2D eigenvalue weighted by Gasteiger charge is 2.20. The van der Waals surface area contributed by atoms with Crippen molar-refractivity contribution < 1.29 is 14.6 Å². The number of ether oxygens (including phenoxy) is 1. The molecule has 2 N–H and O–H groups in total. The molecular weight excluding hydrogens is 440 g/mol. The Labute approximate surface area is 198 Å². The maximum absolute atomic E-state index is 12.3. The predicted molar refractivity (Wildman–Crippen MR) is 130 cm³/mol.